The Kier molecular flexibility index (Phi) is 15.6. The number of ether oxygens (including phenoxy) is 4. The van der Waals surface area contributed by atoms with E-state index in [-0.39, 0.29) is 18.8 Å². The Bertz CT molecular complexity index is 1160. The van der Waals surface area contributed by atoms with Crippen LogP contribution in [0.25, 0.3) is 0 Å². The molecular formula is C34H53NO13. The summed E-state index contributed by atoms with van der Waals surface area (Å²) in [5.41, 5.74) is 5.99. The predicted octanol–water partition coefficient (Wildman–Crippen LogP) is -0.772. The van der Waals surface area contributed by atoms with Gasteiger partial charge in [0.1, 0.15) is 12.2 Å². The molecule has 0 aromatic rings. The fraction of sp³-hybridized carbons (Fsp3) is 0.676. The topological polar surface area (TPSA) is 242 Å². The minimum atomic E-state index is -2.10. The average molecular weight is 684 g/mol. The normalized spacial score (nSPS) is 47.5. The number of nitrogens with two attached hydrogens (primary N) is 1. The van der Waals surface area contributed by atoms with Gasteiger partial charge in [-0.05, 0) is 19.9 Å². The van der Waals surface area contributed by atoms with Crippen molar-refractivity contribution in [2.45, 2.75) is 126 Å². The van der Waals surface area contributed by atoms with Gasteiger partial charge in [-0.25, -0.2) is 4.79 Å². The second kappa shape index (κ2) is 18.6. The summed E-state index contributed by atoms with van der Waals surface area (Å²) in [4.78, 5) is 12.3. The predicted molar refractivity (Wildman–Crippen MR) is 173 cm³/mol. The molecule has 14 nitrogen and oxygen atoms in total. The molecule has 3 heterocycles. The van der Waals surface area contributed by atoms with E-state index < -0.39 is 110 Å². The summed E-state index contributed by atoms with van der Waals surface area (Å²) in [5.74, 6) is -3.84. The Hall–Kier alpha value is -2.31. The summed E-state index contributed by atoms with van der Waals surface area (Å²) in [5, 5.41) is 84.9. The number of carbonyl (C=O) groups excluding carboxylic acids is 1. The van der Waals surface area contributed by atoms with E-state index in [1.807, 2.05) is 13.0 Å². The van der Waals surface area contributed by atoms with E-state index in [4.69, 9.17) is 24.7 Å². The Morgan fingerprint density at radius 1 is 0.854 bits per heavy atom. The van der Waals surface area contributed by atoms with Crippen LogP contribution in [0.4, 0.5) is 0 Å². The van der Waals surface area contributed by atoms with Crippen LogP contribution in [-0.2, 0) is 23.7 Å². The third kappa shape index (κ3) is 11.6. The zero-order valence-electron chi connectivity index (χ0n) is 27.6. The maximum atomic E-state index is 12.3. The van der Waals surface area contributed by atoms with Crippen molar-refractivity contribution in [3.05, 3.63) is 60.8 Å². The van der Waals surface area contributed by atoms with Crippen LogP contribution in [0.15, 0.2) is 60.8 Å². The lowest BCUT2D eigenvalue weighted by molar-refractivity contribution is -0.312. The van der Waals surface area contributed by atoms with E-state index in [1.165, 1.54) is 0 Å². The third-order valence-electron chi connectivity index (χ3n) is 8.98. The molecule has 272 valence electrons. The zero-order valence-corrected chi connectivity index (χ0v) is 27.6. The van der Waals surface area contributed by atoms with Gasteiger partial charge in [-0.1, -0.05) is 55.5 Å². The van der Waals surface area contributed by atoms with E-state index >= 15 is 0 Å². The van der Waals surface area contributed by atoms with E-state index in [0.29, 0.717) is 0 Å². The molecule has 0 amide bonds. The van der Waals surface area contributed by atoms with Gasteiger partial charge in [0.15, 0.2) is 12.1 Å². The molecule has 14 heteroatoms. The number of hydrogen-bond donors (Lipinski definition) is 9. The highest BCUT2D eigenvalue weighted by atomic mass is 16.7. The number of esters is 1. The maximum absolute atomic E-state index is 12.3. The lowest BCUT2D eigenvalue weighted by Gasteiger charge is -2.46. The first-order valence-electron chi connectivity index (χ1n) is 16.4. The molecule has 0 spiro atoms. The van der Waals surface area contributed by atoms with E-state index in [1.54, 1.807) is 56.4 Å². The highest BCUT2D eigenvalue weighted by molar-refractivity contribution is 5.82. The van der Waals surface area contributed by atoms with Crippen LogP contribution in [0.1, 0.15) is 46.5 Å². The summed E-state index contributed by atoms with van der Waals surface area (Å²) < 4.78 is 23.1. The van der Waals surface area contributed by atoms with Gasteiger partial charge in [-0.3, -0.25) is 0 Å². The summed E-state index contributed by atoms with van der Waals surface area (Å²) in [7, 11) is 0. The minimum Gasteiger partial charge on any atom is -0.459 e. The first-order valence-corrected chi connectivity index (χ1v) is 16.4. The quantitative estimate of drug-likeness (QED) is 0.166. The number of aliphatic hydroxyl groups is 8. The van der Waals surface area contributed by atoms with Crippen molar-refractivity contribution in [1.29, 1.82) is 0 Å². The largest absolute Gasteiger partial charge is 0.459 e. The molecule has 0 aliphatic carbocycles. The van der Waals surface area contributed by atoms with Crippen LogP contribution in [0.5, 0.6) is 0 Å². The van der Waals surface area contributed by atoms with Gasteiger partial charge in [0.05, 0.1) is 61.5 Å². The molecule has 10 N–H and O–H groups in total. The van der Waals surface area contributed by atoms with Crippen molar-refractivity contribution in [2.24, 2.45) is 17.6 Å². The second-order valence-electron chi connectivity index (χ2n) is 13.0. The molecule has 0 aromatic heterocycles. The summed E-state index contributed by atoms with van der Waals surface area (Å²) in [6, 6.07) is -1.05. The standard InChI is InChI=1S/C34H53NO13/c1-19-10-8-6-4-5-7-9-11-23(47-33-32(43)30(35)31(42)21(3)46-33)15-28-24(18-36)27(40)17-34(44,48-28)16-22(37)14-26(39)25(38)12-13-29(41)45-20(19)2/h4-13,19-28,30-33,36-40,42-44H,14-18,35H2,1-3H3/b6-4+,7-5+,10-8+,11-9+,13-12+/t19?,20?,21-,22?,23?,24+,25+,26+,27-,28?,30+,31-,32+,33+,34+/m1/s1. The van der Waals surface area contributed by atoms with Crippen LogP contribution < -0.4 is 5.73 Å². The molecule has 48 heavy (non-hydrogen) atoms. The fourth-order valence-electron chi connectivity index (χ4n) is 5.84. The van der Waals surface area contributed by atoms with Gasteiger partial charge >= 0.3 is 5.97 Å². The van der Waals surface area contributed by atoms with Gasteiger partial charge in [-0.15, -0.1) is 0 Å². The minimum absolute atomic E-state index is 0.0549. The molecule has 3 rings (SSSR count). The van der Waals surface area contributed by atoms with E-state index in [0.717, 1.165) is 12.2 Å². The molecule has 2 fully saturated rings. The third-order valence-corrected chi connectivity index (χ3v) is 8.98. The van der Waals surface area contributed by atoms with Gasteiger partial charge in [0.25, 0.3) is 0 Å². The van der Waals surface area contributed by atoms with Crippen molar-refractivity contribution in [3.63, 3.8) is 0 Å². The smallest absolute Gasteiger partial charge is 0.330 e. The molecule has 15 atom stereocenters. The molecule has 0 aromatic carbocycles. The van der Waals surface area contributed by atoms with Crippen molar-refractivity contribution < 1.29 is 64.6 Å². The average Bonchev–Trinajstić information content (AvgIpc) is 3.01. The molecule has 5 unspecified atom stereocenters. The molecule has 3 aliphatic heterocycles. The molecule has 3 aliphatic rings. The van der Waals surface area contributed by atoms with Gasteiger partial charge in [-0.2, -0.15) is 0 Å². The lowest BCUT2D eigenvalue weighted by atomic mass is 9.83. The molecule has 0 radical (unpaired) electrons. The van der Waals surface area contributed by atoms with Gasteiger partial charge < -0.3 is 65.5 Å². The van der Waals surface area contributed by atoms with Crippen LogP contribution in [-0.4, -0.2) is 133 Å². The number of aliphatic hydroxyl groups excluding tert-OH is 7. The van der Waals surface area contributed by atoms with Crippen LogP contribution in [0.3, 0.4) is 0 Å². The Morgan fingerprint density at radius 3 is 2.17 bits per heavy atom. The summed E-state index contributed by atoms with van der Waals surface area (Å²) in [6.07, 6.45) is 1.98. The second-order valence-corrected chi connectivity index (χ2v) is 13.0. The van der Waals surface area contributed by atoms with Gasteiger partial charge in [0.2, 0.25) is 0 Å². The first-order chi connectivity index (χ1) is 22.6. The van der Waals surface area contributed by atoms with Crippen LogP contribution >= 0.6 is 0 Å². The number of fused-ring (bicyclic) bond motifs is 2. The number of rotatable bonds is 3. The monoisotopic (exact) mass is 683 g/mol. The van der Waals surface area contributed by atoms with Crippen LogP contribution in [0, 0.1) is 11.8 Å². The number of cyclic esters (lactones) is 1. The highest BCUT2D eigenvalue weighted by Crippen LogP contribution is 2.37. The maximum Gasteiger partial charge on any atom is 0.330 e. The first kappa shape index (κ1) is 40.1. The van der Waals surface area contributed by atoms with Crippen molar-refractivity contribution in [3.8, 4) is 0 Å². The fourth-order valence-corrected chi connectivity index (χ4v) is 5.84. The number of hydrogen-bond acceptors (Lipinski definition) is 14. The van der Waals surface area contributed by atoms with Crippen molar-refractivity contribution in [1.82, 2.24) is 0 Å². The SMILES string of the molecule is CC1/C=C/C=C/C=C/C=C/C(O[C@@H]2O[C@H](C)[C@@H](O)[C@H](N)[C@@H]2O)CC2O[C@@](O)(CC(O)C[C@H](O)[C@@H](O)/C=C/C(=O)OC1C)C[C@@H](O)[C@@H]2CO. The lowest BCUT2D eigenvalue weighted by Crippen LogP contribution is -2.61. The van der Waals surface area contributed by atoms with E-state index in [2.05, 4.69) is 0 Å². The molecule has 2 saturated heterocycles. The number of allylic oxidation sites excluding steroid dienone is 6. The number of carbonyl (C=O) groups is 1. The Morgan fingerprint density at radius 2 is 1.50 bits per heavy atom. The molecule has 2 bridgehead atoms. The van der Waals surface area contributed by atoms with Crippen molar-refractivity contribution in [2.75, 3.05) is 6.61 Å². The van der Waals surface area contributed by atoms with E-state index in [9.17, 15) is 45.6 Å². The summed E-state index contributed by atoms with van der Waals surface area (Å²) in [6.45, 7) is 4.66. The highest BCUT2D eigenvalue weighted by Gasteiger charge is 2.48. The summed E-state index contributed by atoms with van der Waals surface area (Å²) >= 11 is 0. The Balaban J connectivity index is 1.91. The molecule has 0 saturated carbocycles. The van der Waals surface area contributed by atoms with Crippen molar-refractivity contribution >= 4 is 5.97 Å². The van der Waals surface area contributed by atoms with Gasteiger partial charge in [0, 0.05) is 43.6 Å². The molecular weight excluding hydrogens is 630 g/mol. The Labute approximate surface area is 281 Å². The van der Waals surface area contributed by atoms with Crippen LogP contribution in [0.2, 0.25) is 0 Å². The zero-order chi connectivity index (χ0) is 35.6.